The number of carbonyl (C=O) groups is 1. The van der Waals surface area contributed by atoms with Crippen molar-refractivity contribution in [1.82, 2.24) is 4.57 Å². The van der Waals surface area contributed by atoms with Gasteiger partial charge < -0.3 is 14.8 Å². The van der Waals surface area contributed by atoms with E-state index in [0.717, 1.165) is 22.3 Å². The minimum absolute atomic E-state index is 0.243. The van der Waals surface area contributed by atoms with E-state index in [1.165, 1.54) is 23.5 Å². The van der Waals surface area contributed by atoms with Gasteiger partial charge in [-0.15, -0.1) is 0 Å². The van der Waals surface area contributed by atoms with E-state index in [-0.39, 0.29) is 23.9 Å². The molecule has 1 atom stereocenters. The van der Waals surface area contributed by atoms with Crippen molar-refractivity contribution in [2.45, 2.75) is 26.5 Å². The molecule has 1 amide bonds. The van der Waals surface area contributed by atoms with Crippen LogP contribution in [-0.2, 0) is 11.4 Å². The third-order valence-corrected chi connectivity index (χ3v) is 8.47. The lowest BCUT2D eigenvalue weighted by molar-refractivity contribution is -0.113. The van der Waals surface area contributed by atoms with Crippen molar-refractivity contribution in [1.29, 1.82) is 0 Å². The number of thiazole rings is 1. The van der Waals surface area contributed by atoms with Crippen molar-refractivity contribution in [2.75, 3.05) is 12.4 Å². The summed E-state index contributed by atoms with van der Waals surface area (Å²) in [5.41, 5.74) is 4.79. The highest BCUT2D eigenvalue weighted by molar-refractivity contribution is 7.07. The fourth-order valence-corrected chi connectivity index (χ4v) is 6.23. The monoisotopic (exact) mass is 619 g/mol. The molecule has 4 aromatic carbocycles. The molecule has 0 saturated heterocycles. The number of ether oxygens (including phenoxy) is 2. The number of halogens is 1. The molecule has 1 aliphatic heterocycles. The first-order valence-electron chi connectivity index (χ1n) is 14.3. The van der Waals surface area contributed by atoms with E-state index in [0.29, 0.717) is 37.8 Å². The van der Waals surface area contributed by atoms with Crippen LogP contribution in [0.2, 0.25) is 0 Å². The summed E-state index contributed by atoms with van der Waals surface area (Å²) in [6, 6.07) is 27.9. The van der Waals surface area contributed by atoms with Crippen LogP contribution in [0.5, 0.6) is 11.5 Å². The molecular formula is C36H30FN3O4S. The molecule has 2 heterocycles. The van der Waals surface area contributed by atoms with Gasteiger partial charge >= 0.3 is 0 Å². The minimum Gasteiger partial charge on any atom is -0.493 e. The number of benzene rings is 4. The second-order valence-electron chi connectivity index (χ2n) is 10.6. The van der Waals surface area contributed by atoms with Crippen LogP contribution in [0.3, 0.4) is 0 Å². The summed E-state index contributed by atoms with van der Waals surface area (Å²) in [6.45, 7) is 4.04. The average molecular weight is 620 g/mol. The highest BCUT2D eigenvalue weighted by Crippen LogP contribution is 2.32. The van der Waals surface area contributed by atoms with Gasteiger partial charge in [-0.05, 0) is 73.0 Å². The molecule has 0 fully saturated rings. The molecule has 0 aliphatic carbocycles. The summed E-state index contributed by atoms with van der Waals surface area (Å²) >= 11 is 1.27. The van der Waals surface area contributed by atoms with E-state index >= 15 is 0 Å². The SMILES string of the molecule is COc1cc(/C=c2\sc3n(c2=O)[C@@H](c2ccc(C)cc2)C(C(=O)Nc2ccccc2)=C(C)N=3)ccc1OCc1ccc(F)cc1. The van der Waals surface area contributed by atoms with Gasteiger partial charge in [0.25, 0.3) is 11.5 Å². The Kier molecular flexibility index (Phi) is 8.44. The first kappa shape index (κ1) is 29.8. The third kappa shape index (κ3) is 6.34. The summed E-state index contributed by atoms with van der Waals surface area (Å²) in [6.07, 6.45) is 1.78. The fourth-order valence-electron chi connectivity index (χ4n) is 5.18. The first-order valence-corrected chi connectivity index (χ1v) is 15.1. The molecular weight excluding hydrogens is 589 g/mol. The minimum atomic E-state index is -0.663. The smallest absolute Gasteiger partial charge is 0.271 e. The largest absolute Gasteiger partial charge is 0.493 e. The molecule has 5 aromatic rings. The van der Waals surface area contributed by atoms with Crippen molar-refractivity contribution in [3.8, 4) is 11.5 Å². The van der Waals surface area contributed by atoms with Gasteiger partial charge in [0.2, 0.25) is 0 Å². The van der Waals surface area contributed by atoms with E-state index in [9.17, 15) is 14.0 Å². The lowest BCUT2D eigenvalue weighted by Gasteiger charge is -2.25. The quantitative estimate of drug-likeness (QED) is 0.234. The normalized spacial score (nSPS) is 14.5. The number of aromatic nitrogens is 1. The first-order chi connectivity index (χ1) is 21.8. The number of rotatable bonds is 8. The number of allylic oxidation sites excluding steroid dienone is 1. The Balaban J connectivity index is 1.37. The number of methoxy groups -OCH3 is 1. The van der Waals surface area contributed by atoms with Crippen LogP contribution in [0.15, 0.2) is 118 Å². The van der Waals surface area contributed by atoms with E-state index < -0.39 is 6.04 Å². The molecule has 226 valence electrons. The highest BCUT2D eigenvalue weighted by atomic mass is 32.1. The Bertz CT molecular complexity index is 2080. The number of amides is 1. The second-order valence-corrected chi connectivity index (χ2v) is 11.6. The number of anilines is 1. The van der Waals surface area contributed by atoms with Gasteiger partial charge in [0.1, 0.15) is 12.4 Å². The van der Waals surface area contributed by atoms with Gasteiger partial charge in [0.05, 0.1) is 29.0 Å². The van der Waals surface area contributed by atoms with Gasteiger partial charge in [-0.25, -0.2) is 9.38 Å². The lowest BCUT2D eigenvalue weighted by Crippen LogP contribution is -2.40. The van der Waals surface area contributed by atoms with Crippen molar-refractivity contribution in [3.63, 3.8) is 0 Å². The van der Waals surface area contributed by atoms with Crippen LogP contribution in [-0.4, -0.2) is 17.6 Å². The molecule has 1 N–H and O–H groups in total. The van der Waals surface area contributed by atoms with Gasteiger partial charge in [-0.3, -0.25) is 14.2 Å². The van der Waals surface area contributed by atoms with Gasteiger partial charge in [-0.1, -0.05) is 77.6 Å². The van der Waals surface area contributed by atoms with E-state index in [1.54, 1.807) is 48.9 Å². The number of nitrogens with zero attached hydrogens (tertiary/aromatic N) is 2. The number of carbonyl (C=O) groups excluding carboxylic acids is 1. The number of para-hydroxylation sites is 1. The van der Waals surface area contributed by atoms with Crippen LogP contribution in [0.1, 0.15) is 35.2 Å². The molecule has 45 heavy (non-hydrogen) atoms. The third-order valence-electron chi connectivity index (χ3n) is 7.48. The molecule has 6 rings (SSSR count). The number of hydrogen-bond acceptors (Lipinski definition) is 6. The summed E-state index contributed by atoms with van der Waals surface area (Å²) in [4.78, 5) is 33.0. The second kappa shape index (κ2) is 12.8. The van der Waals surface area contributed by atoms with Crippen molar-refractivity contribution in [3.05, 3.63) is 156 Å². The summed E-state index contributed by atoms with van der Waals surface area (Å²) in [7, 11) is 1.55. The topological polar surface area (TPSA) is 81.9 Å². The predicted octanol–water partition coefficient (Wildman–Crippen LogP) is 5.91. The molecule has 0 saturated carbocycles. The molecule has 0 bridgehead atoms. The molecule has 9 heteroatoms. The molecule has 1 aliphatic rings. The Morgan fingerprint density at radius 3 is 2.42 bits per heavy atom. The van der Waals surface area contributed by atoms with Crippen LogP contribution in [0.4, 0.5) is 10.1 Å². The number of hydrogen-bond donors (Lipinski definition) is 1. The zero-order valence-corrected chi connectivity index (χ0v) is 25.7. The van der Waals surface area contributed by atoms with Gasteiger partial charge in [0, 0.05) is 5.69 Å². The maximum absolute atomic E-state index is 14.1. The van der Waals surface area contributed by atoms with Crippen LogP contribution in [0, 0.1) is 12.7 Å². The van der Waals surface area contributed by atoms with Crippen LogP contribution < -0.4 is 29.7 Å². The zero-order valence-electron chi connectivity index (χ0n) is 24.9. The van der Waals surface area contributed by atoms with Gasteiger partial charge in [0.15, 0.2) is 16.3 Å². The van der Waals surface area contributed by atoms with Crippen molar-refractivity contribution < 1.29 is 18.7 Å². The van der Waals surface area contributed by atoms with Gasteiger partial charge in [-0.2, -0.15) is 0 Å². The Morgan fingerprint density at radius 1 is 0.978 bits per heavy atom. The standard InChI is InChI=1S/C36H30FN3O4S/c1-22-9-14-26(15-10-22)33-32(34(41)39-28-7-5-4-6-8-28)23(2)38-36-40(33)35(42)31(45-36)20-25-13-18-29(30(19-25)43-3)44-21-24-11-16-27(37)17-12-24/h4-20,33H,21H2,1-3H3,(H,39,41)/b31-20-/t33-/m0/s1. The summed E-state index contributed by atoms with van der Waals surface area (Å²) < 4.78 is 26.8. The molecule has 1 aromatic heterocycles. The Morgan fingerprint density at radius 2 is 1.71 bits per heavy atom. The summed E-state index contributed by atoms with van der Waals surface area (Å²) in [5.74, 6) is 0.387. The van der Waals surface area contributed by atoms with Crippen molar-refractivity contribution >= 4 is 29.0 Å². The van der Waals surface area contributed by atoms with Crippen LogP contribution in [0.25, 0.3) is 6.08 Å². The van der Waals surface area contributed by atoms with Crippen LogP contribution >= 0.6 is 11.3 Å². The molecule has 0 radical (unpaired) electrons. The molecule has 7 nitrogen and oxygen atoms in total. The highest BCUT2D eigenvalue weighted by Gasteiger charge is 2.32. The van der Waals surface area contributed by atoms with Crippen molar-refractivity contribution in [2.24, 2.45) is 4.99 Å². The molecule has 0 spiro atoms. The maximum atomic E-state index is 14.1. The van der Waals surface area contributed by atoms with E-state index in [2.05, 4.69) is 5.32 Å². The van der Waals surface area contributed by atoms with E-state index in [4.69, 9.17) is 14.5 Å². The summed E-state index contributed by atoms with van der Waals surface area (Å²) in [5, 5.41) is 2.97. The Labute approximate surface area is 263 Å². The lowest BCUT2D eigenvalue weighted by atomic mass is 9.94. The van der Waals surface area contributed by atoms with E-state index in [1.807, 2.05) is 67.6 Å². The number of aryl methyl sites for hydroxylation is 1. The predicted molar refractivity (Wildman–Crippen MR) is 174 cm³/mol. The molecule has 0 unspecified atom stereocenters. The number of fused-ring (bicyclic) bond motifs is 1. The maximum Gasteiger partial charge on any atom is 0.271 e. The number of nitrogens with one attached hydrogen (secondary N) is 1. The Hall–Kier alpha value is -5.28. The average Bonchev–Trinajstić information content (AvgIpc) is 3.34. The zero-order chi connectivity index (χ0) is 31.5. The fraction of sp³-hybridized carbons (Fsp3) is 0.139.